The smallest absolute Gasteiger partial charge is 0.252 e. The molecule has 0 saturated carbocycles. The van der Waals surface area contributed by atoms with Gasteiger partial charge in [-0.1, -0.05) is 35.9 Å². The average molecular weight is 634 g/mol. The van der Waals surface area contributed by atoms with Gasteiger partial charge < -0.3 is 20.9 Å². The number of rotatable bonds is 12. The number of hydrogen-bond acceptors (Lipinski definition) is 7. The van der Waals surface area contributed by atoms with Crippen LogP contribution in [0.2, 0.25) is 5.02 Å². The number of imidazole rings is 1. The van der Waals surface area contributed by atoms with Gasteiger partial charge in [0, 0.05) is 43.6 Å². The average Bonchev–Trinajstić information content (AvgIpc) is 3.67. The molecule has 5 rings (SSSR count). The first kappa shape index (κ1) is 32.5. The van der Waals surface area contributed by atoms with E-state index in [2.05, 4.69) is 31.2 Å². The van der Waals surface area contributed by atoms with Crippen molar-refractivity contribution in [1.82, 2.24) is 30.1 Å². The zero-order valence-corrected chi connectivity index (χ0v) is 25.6. The Bertz CT molecular complexity index is 1570. The molecule has 0 aliphatic carbocycles. The first-order valence-corrected chi connectivity index (χ1v) is 14.5. The van der Waals surface area contributed by atoms with E-state index >= 15 is 0 Å². The van der Waals surface area contributed by atoms with Crippen molar-refractivity contribution in [2.45, 2.75) is 37.9 Å². The molecule has 3 heterocycles. The Hall–Kier alpha value is -4.43. The van der Waals surface area contributed by atoms with E-state index in [0.29, 0.717) is 67.4 Å². The fourth-order valence-corrected chi connectivity index (χ4v) is 5.68. The molecule has 1 aliphatic rings. The van der Waals surface area contributed by atoms with Crippen LogP contribution in [0.3, 0.4) is 0 Å². The number of aromatic nitrogens is 3. The van der Waals surface area contributed by atoms with Crippen molar-refractivity contribution < 1.29 is 9.59 Å². The topological polar surface area (TPSA) is 144 Å². The Labute approximate surface area is 267 Å². The number of anilines is 1. The highest BCUT2D eigenvalue weighted by Crippen LogP contribution is 2.31. The van der Waals surface area contributed by atoms with Gasteiger partial charge in [0.15, 0.2) is 0 Å². The monoisotopic (exact) mass is 632 g/mol. The second kappa shape index (κ2) is 15.3. The standard InChI is InChI=1S/C32H33ClN8O2.ClH/c33-26-4-1-3-24(15-26)20-40-14-11-28(32(40)43)41(13-2-12-37-31(42)25-9-10-30(35)38-18-25)29(27-19-36-21-39-27)16-22-5-7-23(17-34)8-6-22;/h1,3-10,15,18-19,21,28-29H,2,11-14,16,20H2,(H2,35,38)(H,36,39)(H,37,42);1H/t28-,29?;/m0./s1. The van der Waals surface area contributed by atoms with Crippen molar-refractivity contribution in [3.63, 3.8) is 0 Å². The van der Waals surface area contributed by atoms with Crippen LogP contribution in [0.15, 0.2) is 79.4 Å². The predicted molar refractivity (Wildman–Crippen MR) is 171 cm³/mol. The molecule has 2 atom stereocenters. The van der Waals surface area contributed by atoms with Gasteiger partial charge in [0.1, 0.15) is 5.82 Å². The number of likely N-dealkylation sites (tertiary alicyclic amines) is 1. The molecule has 10 nitrogen and oxygen atoms in total. The lowest BCUT2D eigenvalue weighted by atomic mass is 9.98. The van der Waals surface area contributed by atoms with Crippen LogP contribution < -0.4 is 11.1 Å². The number of nitrogens with two attached hydrogens (primary N) is 1. The molecule has 1 unspecified atom stereocenters. The lowest BCUT2D eigenvalue weighted by molar-refractivity contribution is -0.133. The number of H-pyrrole nitrogens is 1. The lowest BCUT2D eigenvalue weighted by Crippen LogP contribution is -2.45. The van der Waals surface area contributed by atoms with Gasteiger partial charge in [0.2, 0.25) is 5.91 Å². The van der Waals surface area contributed by atoms with E-state index in [0.717, 1.165) is 16.8 Å². The Morgan fingerprint density at radius 1 is 1.18 bits per heavy atom. The minimum Gasteiger partial charge on any atom is -0.384 e. The number of nitriles is 1. The maximum atomic E-state index is 13.9. The van der Waals surface area contributed by atoms with Crippen molar-refractivity contribution >= 4 is 41.6 Å². The van der Waals surface area contributed by atoms with Gasteiger partial charge in [-0.25, -0.2) is 9.97 Å². The van der Waals surface area contributed by atoms with Crippen LogP contribution in [0.25, 0.3) is 0 Å². The summed E-state index contributed by atoms with van der Waals surface area (Å²) in [5.74, 6) is 0.178. The van der Waals surface area contributed by atoms with E-state index in [4.69, 9.17) is 17.3 Å². The third-order valence-electron chi connectivity index (χ3n) is 7.65. The molecule has 2 amide bonds. The maximum absolute atomic E-state index is 13.9. The summed E-state index contributed by atoms with van der Waals surface area (Å²) in [6.07, 6.45) is 6.78. The molecule has 1 fully saturated rings. The molecule has 2 aromatic heterocycles. The van der Waals surface area contributed by atoms with Crippen molar-refractivity contribution in [2.24, 2.45) is 0 Å². The molecule has 44 heavy (non-hydrogen) atoms. The van der Waals surface area contributed by atoms with E-state index < -0.39 is 0 Å². The number of nitrogen functional groups attached to an aromatic ring is 1. The van der Waals surface area contributed by atoms with Gasteiger partial charge in [0.05, 0.1) is 41.3 Å². The third-order valence-corrected chi connectivity index (χ3v) is 7.89. The lowest BCUT2D eigenvalue weighted by Gasteiger charge is -2.35. The molecule has 0 spiro atoms. The van der Waals surface area contributed by atoms with Gasteiger partial charge in [-0.2, -0.15) is 5.26 Å². The molecule has 4 N–H and O–H groups in total. The molecule has 228 valence electrons. The summed E-state index contributed by atoms with van der Waals surface area (Å²) in [5.41, 5.74) is 9.58. The zero-order chi connectivity index (χ0) is 30.2. The molecular formula is C32H34Cl2N8O2. The number of benzene rings is 2. The summed E-state index contributed by atoms with van der Waals surface area (Å²) in [6, 6.07) is 19.9. The molecule has 1 saturated heterocycles. The molecule has 0 radical (unpaired) electrons. The number of carbonyl (C=O) groups is 2. The Balaban J connectivity index is 0.00000442. The van der Waals surface area contributed by atoms with Gasteiger partial charge >= 0.3 is 0 Å². The second-order valence-electron chi connectivity index (χ2n) is 10.5. The number of aromatic amines is 1. The third kappa shape index (κ3) is 8.14. The van der Waals surface area contributed by atoms with E-state index in [1.807, 2.05) is 41.3 Å². The van der Waals surface area contributed by atoms with Crippen molar-refractivity contribution in [1.29, 1.82) is 5.26 Å². The van der Waals surface area contributed by atoms with Crippen LogP contribution in [0, 0.1) is 11.3 Å². The Morgan fingerprint density at radius 3 is 2.68 bits per heavy atom. The summed E-state index contributed by atoms with van der Waals surface area (Å²) < 4.78 is 0. The summed E-state index contributed by atoms with van der Waals surface area (Å²) in [4.78, 5) is 42.2. The minimum atomic E-state index is -0.358. The normalized spacial score (nSPS) is 15.1. The quantitative estimate of drug-likeness (QED) is 0.194. The van der Waals surface area contributed by atoms with E-state index in [1.165, 1.54) is 6.20 Å². The fourth-order valence-electron chi connectivity index (χ4n) is 5.47. The SMILES string of the molecule is Cl.N#Cc1ccc(CC(c2cnc[nH]2)N(CCCNC(=O)c2ccc(N)nc2)[C@H]2CCN(Cc3cccc(Cl)c3)C2=O)cc1. The maximum Gasteiger partial charge on any atom is 0.252 e. The van der Waals surface area contributed by atoms with E-state index in [-0.39, 0.29) is 36.3 Å². The number of nitrogens with zero attached hydrogens (tertiary/aromatic N) is 5. The number of hydrogen-bond donors (Lipinski definition) is 3. The molecule has 12 heteroatoms. The summed E-state index contributed by atoms with van der Waals surface area (Å²) in [7, 11) is 0. The zero-order valence-electron chi connectivity index (χ0n) is 24.0. The Morgan fingerprint density at radius 2 is 2.00 bits per heavy atom. The van der Waals surface area contributed by atoms with Crippen LogP contribution in [0.1, 0.15) is 51.6 Å². The minimum absolute atomic E-state index is 0. The highest BCUT2D eigenvalue weighted by Gasteiger charge is 2.39. The number of amides is 2. The van der Waals surface area contributed by atoms with E-state index in [9.17, 15) is 14.9 Å². The predicted octanol–water partition coefficient (Wildman–Crippen LogP) is 4.54. The van der Waals surface area contributed by atoms with Crippen molar-refractivity contribution in [3.8, 4) is 6.07 Å². The largest absolute Gasteiger partial charge is 0.384 e. The molecule has 2 aromatic carbocycles. The van der Waals surface area contributed by atoms with Crippen molar-refractivity contribution in [3.05, 3.63) is 112 Å². The molecule has 1 aliphatic heterocycles. The van der Waals surface area contributed by atoms with Crippen LogP contribution in [0.4, 0.5) is 5.82 Å². The highest BCUT2D eigenvalue weighted by molar-refractivity contribution is 6.30. The van der Waals surface area contributed by atoms with Crippen molar-refractivity contribution in [2.75, 3.05) is 25.4 Å². The Kier molecular flexibility index (Phi) is 11.3. The summed E-state index contributed by atoms with van der Waals surface area (Å²) in [5, 5.41) is 12.8. The highest BCUT2D eigenvalue weighted by atomic mass is 35.5. The molecule has 4 aromatic rings. The van der Waals surface area contributed by atoms with Gasteiger partial charge in [-0.15, -0.1) is 12.4 Å². The van der Waals surface area contributed by atoms with Crippen LogP contribution in [-0.4, -0.2) is 62.2 Å². The van der Waals surface area contributed by atoms with Crippen LogP contribution in [-0.2, 0) is 17.8 Å². The van der Waals surface area contributed by atoms with Crippen LogP contribution >= 0.6 is 24.0 Å². The summed E-state index contributed by atoms with van der Waals surface area (Å²) in [6.45, 7) is 2.08. The molecular weight excluding hydrogens is 599 g/mol. The van der Waals surface area contributed by atoms with Crippen LogP contribution in [0.5, 0.6) is 0 Å². The summed E-state index contributed by atoms with van der Waals surface area (Å²) >= 11 is 6.20. The van der Waals surface area contributed by atoms with Gasteiger partial charge in [0.25, 0.3) is 5.91 Å². The van der Waals surface area contributed by atoms with Gasteiger partial charge in [-0.05, 0) is 66.8 Å². The number of carbonyl (C=O) groups excluding carboxylic acids is 2. The number of nitrogens with one attached hydrogen (secondary N) is 2. The fraction of sp³-hybridized carbons (Fsp3) is 0.281. The second-order valence-corrected chi connectivity index (χ2v) is 11.0. The van der Waals surface area contributed by atoms with E-state index in [1.54, 1.807) is 36.8 Å². The number of halogens is 2. The first-order chi connectivity index (χ1) is 20.9. The molecule has 0 bridgehead atoms. The first-order valence-electron chi connectivity index (χ1n) is 14.2. The number of pyridine rings is 1. The van der Waals surface area contributed by atoms with Gasteiger partial charge in [-0.3, -0.25) is 14.5 Å².